The molecule has 0 aliphatic rings. The molecule has 4 rings (SSSR count). The van der Waals surface area contributed by atoms with Crippen molar-refractivity contribution < 1.29 is 18.0 Å². The molecule has 0 bridgehead atoms. The average Bonchev–Trinajstić information content (AvgIpc) is 3.18. The van der Waals surface area contributed by atoms with Crippen molar-refractivity contribution >= 4 is 34.3 Å². The average molecular weight is 540 g/mol. The van der Waals surface area contributed by atoms with Crippen LogP contribution in [-0.2, 0) is 12.7 Å². The Balaban J connectivity index is 1.57. The van der Waals surface area contributed by atoms with Gasteiger partial charge in [0.2, 0.25) is 0 Å². The van der Waals surface area contributed by atoms with Crippen molar-refractivity contribution in [1.82, 2.24) is 19.7 Å². The number of rotatable bonds is 8. The van der Waals surface area contributed by atoms with Crippen molar-refractivity contribution in [3.63, 3.8) is 0 Å². The number of hydrogen-bond donors (Lipinski definition) is 3. The molecule has 0 saturated carbocycles. The Morgan fingerprint density at radius 1 is 1.05 bits per heavy atom. The van der Waals surface area contributed by atoms with Gasteiger partial charge in [-0.3, -0.25) is 0 Å². The van der Waals surface area contributed by atoms with Crippen molar-refractivity contribution in [2.45, 2.75) is 38.9 Å². The van der Waals surface area contributed by atoms with E-state index in [1.807, 2.05) is 37.0 Å². The van der Waals surface area contributed by atoms with E-state index in [0.29, 0.717) is 18.1 Å². The van der Waals surface area contributed by atoms with Gasteiger partial charge in [-0.15, -0.1) is 0 Å². The number of aromatic nitrogens is 3. The largest absolute Gasteiger partial charge is 0.416 e. The van der Waals surface area contributed by atoms with Crippen LogP contribution in [0.25, 0.3) is 22.2 Å². The topological polar surface area (TPSA) is 101 Å². The normalized spacial score (nSPS) is 11.9. The zero-order valence-electron chi connectivity index (χ0n) is 22.3. The summed E-state index contributed by atoms with van der Waals surface area (Å²) < 4.78 is 40.7. The minimum Gasteiger partial charge on any atom is -0.382 e. The van der Waals surface area contributed by atoms with E-state index in [4.69, 9.17) is 10.7 Å². The smallest absolute Gasteiger partial charge is 0.382 e. The molecule has 0 unspecified atom stereocenters. The molecule has 0 atom stereocenters. The molecule has 206 valence electrons. The molecule has 4 aromatic rings. The van der Waals surface area contributed by atoms with Gasteiger partial charge in [-0.25, -0.2) is 14.5 Å². The lowest BCUT2D eigenvalue weighted by Crippen LogP contribution is -2.19. The van der Waals surface area contributed by atoms with Crippen LogP contribution >= 0.6 is 0 Å². The number of pyridine rings is 1. The second-order valence-electron chi connectivity index (χ2n) is 9.95. The molecule has 39 heavy (non-hydrogen) atoms. The Morgan fingerprint density at radius 3 is 2.38 bits per heavy atom. The van der Waals surface area contributed by atoms with E-state index in [1.165, 1.54) is 12.1 Å². The molecular formula is C28H32F3N7O. The Hall–Kier alpha value is -4.12. The Kier molecular flexibility index (Phi) is 8.10. The molecule has 0 aliphatic heterocycles. The molecule has 0 saturated heterocycles. The predicted molar refractivity (Wildman–Crippen MR) is 149 cm³/mol. The number of nitrogens with one attached hydrogen (secondary N) is 2. The predicted octanol–water partition coefficient (Wildman–Crippen LogP) is 6.42. The van der Waals surface area contributed by atoms with Crippen LogP contribution in [-0.4, -0.2) is 46.3 Å². The lowest BCUT2D eigenvalue weighted by Gasteiger charge is -2.13. The second kappa shape index (κ2) is 11.3. The number of alkyl halides is 3. The molecular weight excluding hydrogens is 507 g/mol. The number of halogens is 3. The molecule has 0 aliphatic carbocycles. The summed E-state index contributed by atoms with van der Waals surface area (Å²) in [4.78, 5) is 19.4. The highest BCUT2D eigenvalue weighted by molar-refractivity contribution is 6.02. The van der Waals surface area contributed by atoms with Crippen LogP contribution in [0.1, 0.15) is 37.4 Å². The van der Waals surface area contributed by atoms with Crippen molar-refractivity contribution in [3.05, 3.63) is 65.9 Å². The van der Waals surface area contributed by atoms with Crippen molar-refractivity contribution in [1.29, 1.82) is 0 Å². The van der Waals surface area contributed by atoms with E-state index >= 15 is 0 Å². The number of benzene rings is 2. The second-order valence-corrected chi connectivity index (χ2v) is 9.95. The van der Waals surface area contributed by atoms with Crippen molar-refractivity contribution in [2.24, 2.45) is 0 Å². The number of nitrogens with two attached hydrogens (primary N) is 1. The number of carbonyl (C=O) groups excluding carboxylic acids is 1. The van der Waals surface area contributed by atoms with E-state index in [9.17, 15) is 18.0 Å². The number of carbonyl (C=O) groups is 1. The summed E-state index contributed by atoms with van der Waals surface area (Å²) in [5.74, 6) is 0.579. The molecule has 0 fully saturated rings. The van der Waals surface area contributed by atoms with Crippen LogP contribution in [0.4, 0.5) is 35.2 Å². The highest BCUT2D eigenvalue weighted by Gasteiger charge is 2.30. The highest BCUT2D eigenvalue weighted by Crippen LogP contribution is 2.35. The van der Waals surface area contributed by atoms with Gasteiger partial charge in [0.25, 0.3) is 0 Å². The molecule has 0 radical (unpaired) electrons. The van der Waals surface area contributed by atoms with E-state index in [1.54, 1.807) is 12.1 Å². The number of anilines is 3. The lowest BCUT2D eigenvalue weighted by molar-refractivity contribution is -0.137. The lowest BCUT2D eigenvalue weighted by atomic mass is 9.99. The maximum atomic E-state index is 13.0. The van der Waals surface area contributed by atoms with Crippen molar-refractivity contribution in [2.75, 3.05) is 37.0 Å². The first-order valence-corrected chi connectivity index (χ1v) is 12.6. The van der Waals surface area contributed by atoms with Crippen LogP contribution in [0.3, 0.4) is 0 Å². The maximum absolute atomic E-state index is 13.0. The molecule has 4 N–H and O–H groups in total. The van der Waals surface area contributed by atoms with Gasteiger partial charge >= 0.3 is 12.2 Å². The third-order valence-corrected chi connectivity index (χ3v) is 6.22. The van der Waals surface area contributed by atoms with Gasteiger partial charge in [-0.2, -0.15) is 18.3 Å². The van der Waals surface area contributed by atoms with Crippen LogP contribution in [0.2, 0.25) is 0 Å². The minimum atomic E-state index is -4.50. The fraction of sp³-hybridized carbons (Fsp3) is 0.321. The first-order valence-electron chi connectivity index (χ1n) is 12.6. The van der Waals surface area contributed by atoms with E-state index in [-0.39, 0.29) is 11.6 Å². The number of fused-ring (bicyclic) bond motifs is 1. The Morgan fingerprint density at radius 2 is 1.74 bits per heavy atom. The first-order chi connectivity index (χ1) is 18.4. The highest BCUT2D eigenvalue weighted by atomic mass is 19.4. The van der Waals surface area contributed by atoms with Gasteiger partial charge in [-0.05, 0) is 80.5 Å². The molecule has 8 nitrogen and oxygen atoms in total. The summed E-state index contributed by atoms with van der Waals surface area (Å²) in [6.07, 6.45) is -3.60. The number of amides is 2. The summed E-state index contributed by atoms with van der Waals surface area (Å²) in [5.41, 5.74) is 9.44. The third-order valence-electron chi connectivity index (χ3n) is 6.22. The number of aryl methyl sites for hydroxylation is 1. The van der Waals surface area contributed by atoms with E-state index in [0.717, 1.165) is 53.0 Å². The van der Waals surface area contributed by atoms with Gasteiger partial charge in [0.05, 0.1) is 10.9 Å². The summed E-state index contributed by atoms with van der Waals surface area (Å²) in [6, 6.07) is 13.0. The fourth-order valence-corrected chi connectivity index (χ4v) is 4.23. The monoisotopic (exact) mass is 539 g/mol. The fourth-order valence-electron chi connectivity index (χ4n) is 4.23. The Labute approximate surface area is 225 Å². The first kappa shape index (κ1) is 27.9. The van der Waals surface area contributed by atoms with E-state index in [2.05, 4.69) is 34.5 Å². The van der Waals surface area contributed by atoms with Crippen LogP contribution in [0, 0.1) is 0 Å². The molecule has 2 heterocycles. The summed E-state index contributed by atoms with van der Waals surface area (Å²) in [6.45, 7) is 5.74. The Bertz CT molecular complexity index is 1460. The maximum Gasteiger partial charge on any atom is 0.416 e. The number of hydrogen-bond acceptors (Lipinski definition) is 5. The van der Waals surface area contributed by atoms with Gasteiger partial charge in [0.15, 0.2) is 11.5 Å². The third kappa shape index (κ3) is 6.66. The molecule has 2 amide bonds. The zero-order valence-corrected chi connectivity index (χ0v) is 22.3. The summed E-state index contributed by atoms with van der Waals surface area (Å²) in [5, 5.41) is 10.4. The number of nitrogens with zero attached hydrogens (tertiary/aromatic N) is 4. The number of nitrogen functional groups attached to an aromatic ring is 1. The number of urea groups is 1. The van der Waals surface area contributed by atoms with Crippen LogP contribution in [0.15, 0.2) is 54.6 Å². The van der Waals surface area contributed by atoms with Gasteiger partial charge in [-0.1, -0.05) is 32.0 Å². The van der Waals surface area contributed by atoms with Crippen LogP contribution < -0.4 is 16.4 Å². The van der Waals surface area contributed by atoms with Crippen molar-refractivity contribution in [3.8, 4) is 11.1 Å². The van der Waals surface area contributed by atoms with Gasteiger partial charge in [0, 0.05) is 23.6 Å². The molecule has 11 heteroatoms. The van der Waals surface area contributed by atoms with Gasteiger partial charge < -0.3 is 21.3 Å². The summed E-state index contributed by atoms with van der Waals surface area (Å²) in [7, 11) is 4.05. The molecule has 2 aromatic heterocycles. The molecule has 2 aromatic carbocycles. The quantitative estimate of drug-likeness (QED) is 0.240. The minimum absolute atomic E-state index is 0.0393. The van der Waals surface area contributed by atoms with Gasteiger partial charge in [0.1, 0.15) is 0 Å². The molecule has 0 spiro atoms. The SMILES string of the molecule is CC(C)c1cc(-c2ccc(NC(=O)Nc3cccc(C(F)(F)F)c3)cc2)c2c(N)nn(CCCN(C)C)c2n1. The standard InChI is InChI=1S/C28H32F3N7O/c1-17(2)23-16-22(24-25(32)36-38(26(24)35-23)14-6-13-37(3)4)18-9-11-20(12-10-18)33-27(39)34-21-8-5-7-19(15-21)28(29,30)31/h5,7-12,15-17H,6,13-14H2,1-4H3,(H2,32,36)(H2,33,34,39). The summed E-state index contributed by atoms with van der Waals surface area (Å²) >= 11 is 0. The van der Waals surface area contributed by atoms with E-state index < -0.39 is 17.8 Å². The zero-order chi connectivity index (χ0) is 28.3. The van der Waals surface area contributed by atoms with Crippen LogP contribution in [0.5, 0.6) is 0 Å².